The fourth-order valence-electron chi connectivity index (χ4n) is 5.46. The minimum absolute atomic E-state index is 0. The van der Waals surface area contributed by atoms with Crippen molar-refractivity contribution in [1.82, 2.24) is 20.2 Å². The van der Waals surface area contributed by atoms with Crippen LogP contribution in [0.25, 0.3) is 11.4 Å². The highest BCUT2D eigenvalue weighted by atomic mass is 35.5. The Hall–Kier alpha value is -2.05. The van der Waals surface area contributed by atoms with E-state index in [4.69, 9.17) is 16.6 Å². The van der Waals surface area contributed by atoms with Crippen LogP contribution in [0.1, 0.15) is 35.4 Å². The summed E-state index contributed by atoms with van der Waals surface area (Å²) in [4.78, 5) is 11.5. The van der Waals surface area contributed by atoms with Gasteiger partial charge in [-0.1, -0.05) is 84.4 Å². The minimum Gasteiger partial charge on any atom is -0.342 e. The van der Waals surface area contributed by atoms with Crippen LogP contribution in [0.4, 0.5) is 0 Å². The average Bonchev–Trinajstić information content (AvgIpc) is 3.28. The van der Waals surface area contributed by atoms with E-state index in [0.717, 1.165) is 49.0 Å². The van der Waals surface area contributed by atoms with Crippen molar-refractivity contribution in [2.24, 2.45) is 0 Å². The van der Waals surface area contributed by atoms with Gasteiger partial charge in [0.1, 0.15) is 5.82 Å². The quantitative estimate of drug-likeness (QED) is 0.253. The number of nitrogens with zero attached hydrogens (tertiary/aromatic N) is 2. The van der Waals surface area contributed by atoms with Gasteiger partial charge in [0.15, 0.2) is 0 Å². The maximum absolute atomic E-state index is 6.31. The molecule has 0 amide bonds. The van der Waals surface area contributed by atoms with Crippen LogP contribution in [-0.2, 0) is 5.54 Å². The Morgan fingerprint density at radius 2 is 1.41 bits per heavy atom. The van der Waals surface area contributed by atoms with Crippen molar-refractivity contribution >= 4 is 48.8 Å². The third-order valence-corrected chi connectivity index (χ3v) is 7.30. The number of halogens is 4. The predicted molar refractivity (Wildman–Crippen MR) is 162 cm³/mol. The largest absolute Gasteiger partial charge is 0.342 e. The molecule has 1 fully saturated rings. The first-order valence-electron chi connectivity index (χ1n) is 12.0. The second kappa shape index (κ2) is 13.7. The summed E-state index contributed by atoms with van der Waals surface area (Å²) < 4.78 is 0. The van der Waals surface area contributed by atoms with Gasteiger partial charge in [-0.05, 0) is 37.1 Å². The van der Waals surface area contributed by atoms with Gasteiger partial charge in [0.05, 0.1) is 11.2 Å². The molecule has 1 atom stereocenters. The first-order chi connectivity index (χ1) is 16.6. The highest BCUT2D eigenvalue weighted by Crippen LogP contribution is 2.46. The van der Waals surface area contributed by atoms with E-state index in [-0.39, 0.29) is 48.7 Å². The molecule has 0 radical (unpaired) electrons. The van der Waals surface area contributed by atoms with E-state index >= 15 is 0 Å². The van der Waals surface area contributed by atoms with E-state index in [9.17, 15) is 0 Å². The van der Waals surface area contributed by atoms with Crippen LogP contribution in [0.15, 0.2) is 84.9 Å². The summed E-state index contributed by atoms with van der Waals surface area (Å²) in [6, 6.07) is 29.6. The molecule has 3 aromatic carbocycles. The Kier molecular flexibility index (Phi) is 11.5. The summed E-state index contributed by atoms with van der Waals surface area (Å²) >= 11 is 6.31. The fraction of sp³-hybridized carbons (Fsp3) is 0.276. The van der Waals surface area contributed by atoms with E-state index in [2.05, 4.69) is 95.8 Å². The minimum atomic E-state index is -0.359. The molecule has 0 bridgehead atoms. The Labute approximate surface area is 243 Å². The SMILES string of the molecule is Cc1[nH]c(-c2cccc(Cl)c2)nc1C(C)(C(c1ccccc1)c1ccccc1)N1CCNCC1.Cl.Cl.Cl. The molecular formula is C29H34Cl4N4. The molecule has 8 heteroatoms. The van der Waals surface area contributed by atoms with Gasteiger partial charge < -0.3 is 10.3 Å². The number of aromatic nitrogens is 2. The Morgan fingerprint density at radius 1 is 0.838 bits per heavy atom. The standard InChI is InChI=1S/C29H31ClN4.3ClH/c1-21-27(33-28(32-21)24-14-9-15-25(30)20-24)29(2,34-18-16-31-17-19-34)26(22-10-5-3-6-11-22)23-12-7-4-8-13-23;;;/h3-15,20,26,31H,16-19H2,1-2H3,(H,32,33);3*1H. The number of hydrogen-bond acceptors (Lipinski definition) is 3. The number of hydrogen-bond donors (Lipinski definition) is 2. The zero-order valence-electron chi connectivity index (χ0n) is 21.0. The lowest BCUT2D eigenvalue weighted by molar-refractivity contribution is 0.0673. The van der Waals surface area contributed by atoms with Crippen molar-refractivity contribution in [3.8, 4) is 11.4 Å². The first kappa shape index (κ1) is 31.2. The van der Waals surface area contributed by atoms with Gasteiger partial charge in [-0.15, -0.1) is 37.2 Å². The second-order valence-electron chi connectivity index (χ2n) is 9.21. The number of benzene rings is 3. The molecule has 1 aromatic heterocycles. The summed E-state index contributed by atoms with van der Waals surface area (Å²) in [5, 5.41) is 4.24. The maximum atomic E-state index is 6.31. The van der Waals surface area contributed by atoms with E-state index in [0.29, 0.717) is 5.02 Å². The summed E-state index contributed by atoms with van der Waals surface area (Å²) in [6.07, 6.45) is 0. The zero-order chi connectivity index (χ0) is 23.5. The van der Waals surface area contributed by atoms with Gasteiger partial charge >= 0.3 is 0 Å². The summed E-state index contributed by atoms with van der Waals surface area (Å²) in [7, 11) is 0. The molecule has 0 saturated carbocycles. The van der Waals surface area contributed by atoms with Crippen LogP contribution in [-0.4, -0.2) is 41.0 Å². The van der Waals surface area contributed by atoms with Crippen molar-refractivity contribution in [2.45, 2.75) is 25.3 Å². The highest BCUT2D eigenvalue weighted by molar-refractivity contribution is 6.30. The number of imidazole rings is 1. The van der Waals surface area contributed by atoms with Gasteiger partial charge in [0, 0.05) is 48.4 Å². The van der Waals surface area contributed by atoms with Crippen LogP contribution >= 0.6 is 48.8 Å². The number of H-pyrrole nitrogens is 1. The molecule has 37 heavy (non-hydrogen) atoms. The van der Waals surface area contributed by atoms with Crippen LogP contribution < -0.4 is 5.32 Å². The Bertz CT molecular complexity index is 1200. The number of nitrogens with one attached hydrogen (secondary N) is 2. The lowest BCUT2D eigenvalue weighted by Gasteiger charge is -2.48. The normalized spacial score (nSPS) is 15.1. The topological polar surface area (TPSA) is 44.0 Å². The monoisotopic (exact) mass is 578 g/mol. The Morgan fingerprint density at radius 3 is 1.95 bits per heavy atom. The molecule has 198 valence electrons. The second-order valence-corrected chi connectivity index (χ2v) is 9.64. The lowest BCUT2D eigenvalue weighted by atomic mass is 9.72. The summed E-state index contributed by atoms with van der Waals surface area (Å²) in [6.45, 7) is 8.38. The molecule has 1 saturated heterocycles. The summed E-state index contributed by atoms with van der Waals surface area (Å²) in [5.74, 6) is 0.971. The zero-order valence-corrected chi connectivity index (χ0v) is 24.2. The number of rotatable bonds is 6. The molecule has 1 aliphatic heterocycles. The lowest BCUT2D eigenvalue weighted by Crippen LogP contribution is -2.56. The third kappa shape index (κ3) is 6.34. The van der Waals surface area contributed by atoms with Gasteiger partial charge in [-0.2, -0.15) is 0 Å². The van der Waals surface area contributed by atoms with Crippen LogP contribution in [0, 0.1) is 6.92 Å². The molecule has 4 nitrogen and oxygen atoms in total. The predicted octanol–water partition coefficient (Wildman–Crippen LogP) is 7.26. The molecule has 0 spiro atoms. The molecular weight excluding hydrogens is 546 g/mol. The molecule has 4 aromatic rings. The van der Waals surface area contributed by atoms with Crippen LogP contribution in [0.2, 0.25) is 5.02 Å². The van der Waals surface area contributed by atoms with Crippen molar-refractivity contribution in [3.05, 3.63) is 112 Å². The smallest absolute Gasteiger partial charge is 0.137 e. The first-order valence-corrected chi connectivity index (χ1v) is 12.3. The Balaban J connectivity index is 0.00000160. The molecule has 1 aliphatic rings. The highest BCUT2D eigenvalue weighted by Gasteiger charge is 2.46. The fourth-order valence-corrected chi connectivity index (χ4v) is 5.65. The van der Waals surface area contributed by atoms with E-state index in [1.165, 1.54) is 11.1 Å². The van der Waals surface area contributed by atoms with Crippen molar-refractivity contribution in [2.75, 3.05) is 26.2 Å². The van der Waals surface area contributed by atoms with Crippen molar-refractivity contribution in [1.29, 1.82) is 0 Å². The van der Waals surface area contributed by atoms with E-state index in [1.54, 1.807) is 0 Å². The van der Waals surface area contributed by atoms with E-state index in [1.807, 2.05) is 18.2 Å². The van der Waals surface area contributed by atoms with Crippen molar-refractivity contribution < 1.29 is 0 Å². The van der Waals surface area contributed by atoms with Crippen LogP contribution in [0.3, 0.4) is 0 Å². The molecule has 2 heterocycles. The summed E-state index contributed by atoms with van der Waals surface area (Å²) in [5.41, 5.74) is 5.40. The van der Waals surface area contributed by atoms with Gasteiger partial charge in [0.2, 0.25) is 0 Å². The maximum Gasteiger partial charge on any atom is 0.137 e. The van der Waals surface area contributed by atoms with Crippen LogP contribution in [0.5, 0.6) is 0 Å². The molecule has 1 unspecified atom stereocenters. The molecule has 5 rings (SSSR count). The van der Waals surface area contributed by atoms with Gasteiger partial charge in [0.25, 0.3) is 0 Å². The molecule has 2 N–H and O–H groups in total. The average molecular weight is 580 g/mol. The molecule has 0 aliphatic carbocycles. The number of aryl methyl sites for hydroxylation is 1. The number of piperazine rings is 1. The van der Waals surface area contributed by atoms with Crippen molar-refractivity contribution in [3.63, 3.8) is 0 Å². The third-order valence-electron chi connectivity index (χ3n) is 7.06. The van der Waals surface area contributed by atoms with Gasteiger partial charge in [-0.3, -0.25) is 4.90 Å². The van der Waals surface area contributed by atoms with Gasteiger partial charge in [-0.25, -0.2) is 4.98 Å². The number of aromatic amines is 1. The van der Waals surface area contributed by atoms with E-state index < -0.39 is 0 Å².